The fourth-order valence-electron chi connectivity index (χ4n) is 5.58. The standard InChI is InChI=1S/C46H78O5/c1-3-5-7-9-11-13-15-16-17-18-19-20-21-22-23-24-25-26-27-28-29-30-31-33-35-37-39-41-46(49)51-44(42-47)43-50-45(48)40-38-36-34-32-14-12-10-8-6-4-2/h5,7-8,10-11,13,16-17,19-20,22-23,44,47H,3-4,6,9,12,14-15,18,21,24-43H2,1-2H3/b7-5-,10-8-,13-11-,17-16-,20-19-,23-22-. The summed E-state index contributed by atoms with van der Waals surface area (Å²) in [5.41, 5.74) is 0. The molecule has 0 aromatic heterocycles. The number of rotatable bonds is 37. The Morgan fingerprint density at radius 1 is 0.471 bits per heavy atom. The highest BCUT2D eigenvalue weighted by Gasteiger charge is 2.16. The van der Waals surface area contributed by atoms with Crippen molar-refractivity contribution in [2.45, 2.75) is 193 Å². The molecular weight excluding hydrogens is 633 g/mol. The highest BCUT2D eigenvalue weighted by Crippen LogP contribution is 2.14. The minimum atomic E-state index is -0.778. The van der Waals surface area contributed by atoms with Crippen LogP contribution in [0.5, 0.6) is 0 Å². The van der Waals surface area contributed by atoms with Crippen molar-refractivity contribution in [3.05, 3.63) is 72.9 Å². The van der Waals surface area contributed by atoms with Crippen molar-refractivity contribution < 1.29 is 24.2 Å². The number of ether oxygens (including phenoxy) is 2. The van der Waals surface area contributed by atoms with Gasteiger partial charge in [-0.1, -0.05) is 170 Å². The van der Waals surface area contributed by atoms with Gasteiger partial charge in [-0.15, -0.1) is 0 Å². The Hall–Kier alpha value is -2.66. The highest BCUT2D eigenvalue weighted by molar-refractivity contribution is 5.70. The van der Waals surface area contributed by atoms with E-state index in [0.29, 0.717) is 12.8 Å². The van der Waals surface area contributed by atoms with Crippen molar-refractivity contribution in [3.63, 3.8) is 0 Å². The average Bonchev–Trinajstić information content (AvgIpc) is 3.13. The number of aliphatic hydroxyl groups is 1. The Morgan fingerprint density at radius 3 is 1.29 bits per heavy atom. The van der Waals surface area contributed by atoms with Crippen LogP contribution in [0.3, 0.4) is 0 Å². The summed E-state index contributed by atoms with van der Waals surface area (Å²) in [6, 6.07) is 0. The predicted octanol–water partition coefficient (Wildman–Crippen LogP) is 13.3. The molecule has 292 valence electrons. The number of aliphatic hydroxyl groups excluding tert-OH is 1. The van der Waals surface area contributed by atoms with E-state index in [0.717, 1.165) is 83.5 Å². The topological polar surface area (TPSA) is 72.8 Å². The molecule has 0 fully saturated rings. The predicted molar refractivity (Wildman–Crippen MR) is 219 cm³/mol. The maximum atomic E-state index is 12.2. The summed E-state index contributed by atoms with van der Waals surface area (Å²) in [6.45, 7) is 3.94. The first-order chi connectivity index (χ1) is 25.1. The van der Waals surface area contributed by atoms with Crippen molar-refractivity contribution in [1.82, 2.24) is 0 Å². The van der Waals surface area contributed by atoms with Crippen LogP contribution in [-0.2, 0) is 19.1 Å². The van der Waals surface area contributed by atoms with Crippen molar-refractivity contribution in [3.8, 4) is 0 Å². The van der Waals surface area contributed by atoms with Gasteiger partial charge >= 0.3 is 11.9 Å². The lowest BCUT2D eigenvalue weighted by Gasteiger charge is -2.15. The van der Waals surface area contributed by atoms with Crippen LogP contribution >= 0.6 is 0 Å². The Balaban J connectivity index is 3.54. The molecule has 0 amide bonds. The van der Waals surface area contributed by atoms with Gasteiger partial charge in [0, 0.05) is 12.8 Å². The molecule has 1 atom stereocenters. The normalized spacial score (nSPS) is 12.9. The Labute approximate surface area is 314 Å². The fourth-order valence-corrected chi connectivity index (χ4v) is 5.58. The summed E-state index contributed by atoms with van der Waals surface area (Å²) >= 11 is 0. The van der Waals surface area contributed by atoms with Crippen molar-refractivity contribution in [1.29, 1.82) is 0 Å². The third-order valence-electron chi connectivity index (χ3n) is 8.72. The number of esters is 2. The van der Waals surface area contributed by atoms with Gasteiger partial charge in [-0.05, 0) is 77.0 Å². The summed E-state index contributed by atoms with van der Waals surface area (Å²) < 4.78 is 10.6. The summed E-state index contributed by atoms with van der Waals surface area (Å²) in [4.78, 5) is 24.2. The molecule has 1 N–H and O–H groups in total. The van der Waals surface area contributed by atoms with Gasteiger partial charge < -0.3 is 14.6 Å². The molecule has 0 rings (SSSR count). The van der Waals surface area contributed by atoms with Crippen LogP contribution in [0.1, 0.15) is 187 Å². The quantitative estimate of drug-likeness (QED) is 0.0395. The van der Waals surface area contributed by atoms with Crippen LogP contribution in [0.2, 0.25) is 0 Å². The first kappa shape index (κ1) is 48.3. The van der Waals surface area contributed by atoms with E-state index >= 15 is 0 Å². The van der Waals surface area contributed by atoms with E-state index < -0.39 is 6.10 Å². The molecule has 5 heteroatoms. The number of allylic oxidation sites excluding steroid dienone is 12. The Bertz CT molecular complexity index is 941. The maximum Gasteiger partial charge on any atom is 0.306 e. The molecule has 0 bridgehead atoms. The number of hydrogen-bond acceptors (Lipinski definition) is 5. The van der Waals surface area contributed by atoms with E-state index in [-0.39, 0.29) is 25.2 Å². The highest BCUT2D eigenvalue weighted by atomic mass is 16.6. The summed E-state index contributed by atoms with van der Waals surface area (Å²) in [6.07, 6.45) is 55.5. The third kappa shape index (κ3) is 40.0. The van der Waals surface area contributed by atoms with Gasteiger partial charge in [-0.2, -0.15) is 0 Å². The van der Waals surface area contributed by atoms with Gasteiger partial charge in [0.15, 0.2) is 6.10 Å². The van der Waals surface area contributed by atoms with Crippen LogP contribution in [0.15, 0.2) is 72.9 Å². The minimum absolute atomic E-state index is 0.0739. The van der Waals surface area contributed by atoms with E-state index in [1.807, 2.05) is 0 Å². The van der Waals surface area contributed by atoms with Gasteiger partial charge in [0.05, 0.1) is 6.61 Å². The molecule has 5 nitrogen and oxygen atoms in total. The van der Waals surface area contributed by atoms with Gasteiger partial charge in [-0.3, -0.25) is 9.59 Å². The first-order valence-corrected chi connectivity index (χ1v) is 21.0. The molecule has 0 radical (unpaired) electrons. The first-order valence-electron chi connectivity index (χ1n) is 21.0. The van der Waals surface area contributed by atoms with Crippen molar-refractivity contribution in [2.75, 3.05) is 13.2 Å². The molecule has 51 heavy (non-hydrogen) atoms. The molecule has 0 aromatic rings. The van der Waals surface area contributed by atoms with Crippen LogP contribution in [0.4, 0.5) is 0 Å². The monoisotopic (exact) mass is 711 g/mol. The zero-order valence-corrected chi connectivity index (χ0v) is 33.1. The average molecular weight is 711 g/mol. The second-order valence-corrected chi connectivity index (χ2v) is 13.7. The summed E-state index contributed by atoms with van der Waals surface area (Å²) in [5, 5.41) is 9.54. The summed E-state index contributed by atoms with van der Waals surface area (Å²) in [5.74, 6) is -0.611. The molecular formula is C46H78O5. The van der Waals surface area contributed by atoms with E-state index in [9.17, 15) is 14.7 Å². The number of hydrogen-bond donors (Lipinski definition) is 1. The lowest BCUT2D eigenvalue weighted by Crippen LogP contribution is -2.28. The second kappa shape index (κ2) is 41.8. The van der Waals surface area contributed by atoms with Gasteiger partial charge in [0.1, 0.15) is 6.61 Å². The van der Waals surface area contributed by atoms with Crippen LogP contribution in [0.25, 0.3) is 0 Å². The van der Waals surface area contributed by atoms with Gasteiger partial charge in [0.2, 0.25) is 0 Å². The molecule has 1 unspecified atom stereocenters. The van der Waals surface area contributed by atoms with E-state index in [4.69, 9.17) is 9.47 Å². The SMILES string of the molecule is CC/C=C\C/C=C\C/C=C\C/C=C\C/C=C\CCCCCCCCCCCCCC(=O)OC(CO)COC(=O)CCCCCCC/C=C\CCC. The van der Waals surface area contributed by atoms with Gasteiger partial charge in [0.25, 0.3) is 0 Å². The largest absolute Gasteiger partial charge is 0.462 e. The third-order valence-corrected chi connectivity index (χ3v) is 8.72. The molecule has 0 aliphatic rings. The fraction of sp³-hybridized carbons (Fsp3) is 0.696. The lowest BCUT2D eigenvalue weighted by molar-refractivity contribution is -0.161. The van der Waals surface area contributed by atoms with E-state index in [1.54, 1.807) is 0 Å². The van der Waals surface area contributed by atoms with Crippen molar-refractivity contribution >= 4 is 11.9 Å². The Morgan fingerprint density at radius 2 is 0.843 bits per heavy atom. The molecule has 0 spiro atoms. The molecule has 0 aromatic carbocycles. The number of carbonyl (C=O) groups excluding carboxylic acids is 2. The lowest BCUT2D eigenvalue weighted by atomic mass is 10.0. The Kier molecular flexibility index (Phi) is 39.6. The molecule has 0 heterocycles. The molecule has 0 saturated heterocycles. The summed E-state index contributed by atoms with van der Waals surface area (Å²) in [7, 11) is 0. The number of carbonyl (C=O) groups is 2. The van der Waals surface area contributed by atoms with Gasteiger partial charge in [-0.25, -0.2) is 0 Å². The second-order valence-electron chi connectivity index (χ2n) is 13.7. The zero-order chi connectivity index (χ0) is 37.1. The molecule has 0 aliphatic carbocycles. The van der Waals surface area contributed by atoms with E-state index in [1.165, 1.54) is 77.0 Å². The molecule has 0 aliphatic heterocycles. The minimum Gasteiger partial charge on any atom is -0.462 e. The van der Waals surface area contributed by atoms with Crippen LogP contribution < -0.4 is 0 Å². The van der Waals surface area contributed by atoms with E-state index in [2.05, 4.69) is 86.8 Å². The maximum absolute atomic E-state index is 12.2. The molecule has 0 saturated carbocycles. The smallest absolute Gasteiger partial charge is 0.306 e. The van der Waals surface area contributed by atoms with Crippen molar-refractivity contribution in [2.24, 2.45) is 0 Å². The zero-order valence-electron chi connectivity index (χ0n) is 33.1. The number of unbranched alkanes of at least 4 members (excludes halogenated alkanes) is 17. The van der Waals surface area contributed by atoms with Crippen LogP contribution in [0, 0.1) is 0 Å². The van der Waals surface area contributed by atoms with Crippen LogP contribution in [-0.4, -0.2) is 36.4 Å².